The highest BCUT2D eigenvalue weighted by atomic mass is 16.5. The normalized spacial score (nSPS) is 22.7. The quantitative estimate of drug-likeness (QED) is 0.748. The van der Waals surface area contributed by atoms with Gasteiger partial charge >= 0.3 is 6.03 Å². The third-order valence-electron chi connectivity index (χ3n) is 4.91. The molecule has 0 spiro atoms. The molecule has 2 amide bonds. The number of urea groups is 1. The van der Waals surface area contributed by atoms with E-state index >= 15 is 0 Å². The van der Waals surface area contributed by atoms with Crippen LogP contribution in [0, 0.1) is 12.3 Å². The van der Waals surface area contributed by atoms with Gasteiger partial charge in [-0.3, -0.25) is 4.90 Å². The first kappa shape index (κ1) is 19.8. The minimum Gasteiger partial charge on any atom is -0.362 e. The van der Waals surface area contributed by atoms with Crippen molar-refractivity contribution >= 4 is 6.03 Å². The Bertz CT molecular complexity index is 411. The Hall–Kier alpha value is -1.25. The molecule has 1 saturated carbocycles. The molecule has 132 valence electrons. The first-order chi connectivity index (χ1) is 10.3. The minimum absolute atomic E-state index is 0. The van der Waals surface area contributed by atoms with Gasteiger partial charge in [0.15, 0.2) is 0 Å². The third kappa shape index (κ3) is 4.62. The summed E-state index contributed by atoms with van der Waals surface area (Å²) in [6.45, 7) is 5.62. The highest BCUT2D eigenvalue weighted by molar-refractivity contribution is 5.75. The van der Waals surface area contributed by atoms with Gasteiger partial charge in [-0.15, -0.1) is 6.42 Å². The van der Waals surface area contributed by atoms with Gasteiger partial charge in [-0.25, -0.2) is 4.79 Å². The first-order valence-corrected chi connectivity index (χ1v) is 8.11. The van der Waals surface area contributed by atoms with E-state index in [0.29, 0.717) is 19.7 Å². The fourth-order valence-electron chi connectivity index (χ4n) is 3.31. The average molecular weight is 323 g/mol. The van der Waals surface area contributed by atoms with Crippen LogP contribution in [0.3, 0.4) is 0 Å². The van der Waals surface area contributed by atoms with Gasteiger partial charge in [-0.2, -0.15) is 0 Å². The highest BCUT2D eigenvalue weighted by Gasteiger charge is 2.35. The number of likely N-dealkylation sites (tertiary alicyclic amines) is 1. The van der Waals surface area contributed by atoms with E-state index in [1.54, 1.807) is 0 Å². The predicted octanol–water partition coefficient (Wildman–Crippen LogP) is 2.27. The molecular formula is C18H33N3O2. The summed E-state index contributed by atoms with van der Waals surface area (Å²) in [5.74, 6) is 2.47. The maximum absolute atomic E-state index is 12.5. The fourth-order valence-corrected chi connectivity index (χ4v) is 3.31. The number of amides is 2. The van der Waals surface area contributed by atoms with E-state index in [2.05, 4.69) is 10.8 Å². The number of carbonyl (C=O) groups excluding carboxylic acids is 1. The topological polar surface area (TPSA) is 36.0 Å². The van der Waals surface area contributed by atoms with Gasteiger partial charge in [0.25, 0.3) is 0 Å². The molecule has 2 saturated heterocycles. The van der Waals surface area contributed by atoms with Crippen molar-refractivity contribution in [2.24, 2.45) is 0 Å². The van der Waals surface area contributed by atoms with Gasteiger partial charge in [0.05, 0.1) is 19.2 Å². The number of terminal acetylenes is 1. The van der Waals surface area contributed by atoms with Crippen molar-refractivity contribution in [3.05, 3.63) is 0 Å². The van der Waals surface area contributed by atoms with E-state index in [1.165, 1.54) is 19.3 Å². The molecule has 0 atom stereocenters. The molecule has 0 aromatic heterocycles. The van der Waals surface area contributed by atoms with Gasteiger partial charge in [-0.1, -0.05) is 27.2 Å². The number of ether oxygens (including phenoxy) is 1. The highest BCUT2D eigenvalue weighted by Crippen LogP contribution is 2.26. The fraction of sp³-hybridized carbons (Fsp3) is 0.833. The first-order valence-electron chi connectivity index (χ1n) is 8.11. The van der Waals surface area contributed by atoms with Crippen LogP contribution in [-0.4, -0.2) is 78.8 Å². The van der Waals surface area contributed by atoms with Crippen LogP contribution in [0.4, 0.5) is 4.79 Å². The zero-order chi connectivity index (χ0) is 14.7. The van der Waals surface area contributed by atoms with Crippen LogP contribution in [0.15, 0.2) is 0 Å². The van der Waals surface area contributed by atoms with Crippen LogP contribution in [0.2, 0.25) is 0 Å². The Morgan fingerprint density at radius 3 is 2.39 bits per heavy atom. The lowest BCUT2D eigenvalue weighted by Crippen LogP contribution is -2.59. The zero-order valence-electron chi connectivity index (χ0n) is 12.7. The summed E-state index contributed by atoms with van der Waals surface area (Å²) < 4.78 is 5.43. The molecule has 5 nitrogen and oxygen atoms in total. The van der Waals surface area contributed by atoms with E-state index in [0.717, 1.165) is 38.6 Å². The maximum atomic E-state index is 12.5. The summed E-state index contributed by atoms with van der Waals surface area (Å²) in [6, 6.07) is 0.955. The Labute approximate surface area is 141 Å². The molecule has 1 aliphatic carbocycles. The summed E-state index contributed by atoms with van der Waals surface area (Å²) in [5, 5.41) is 0. The smallest absolute Gasteiger partial charge is 0.320 e. The maximum Gasteiger partial charge on any atom is 0.320 e. The lowest BCUT2D eigenvalue weighted by Gasteiger charge is -2.41. The minimum atomic E-state index is 0. The third-order valence-corrected chi connectivity index (χ3v) is 4.91. The molecule has 0 bridgehead atoms. The summed E-state index contributed by atoms with van der Waals surface area (Å²) in [5.41, 5.74) is 0. The van der Waals surface area contributed by atoms with Crippen LogP contribution in [0.25, 0.3) is 0 Å². The van der Waals surface area contributed by atoms with Gasteiger partial charge in [0.1, 0.15) is 6.61 Å². The van der Waals surface area contributed by atoms with Crippen molar-refractivity contribution in [2.75, 3.05) is 45.9 Å². The SMILES string of the molecule is C.C.C#CCOC1CN(C(=O)N2CCCN(C3CCC3)CC2)C1. The number of hydrogen-bond donors (Lipinski definition) is 0. The Kier molecular flexibility index (Phi) is 7.87. The van der Waals surface area contributed by atoms with Crippen LogP contribution in [0.1, 0.15) is 40.5 Å². The number of rotatable bonds is 3. The number of nitrogens with zero attached hydrogens (tertiary/aromatic N) is 3. The second kappa shape index (κ2) is 9.14. The van der Waals surface area contributed by atoms with Crippen LogP contribution in [-0.2, 0) is 4.74 Å². The summed E-state index contributed by atoms with van der Waals surface area (Å²) in [7, 11) is 0. The zero-order valence-corrected chi connectivity index (χ0v) is 12.7. The van der Waals surface area contributed by atoms with Gasteiger partial charge < -0.3 is 14.5 Å². The van der Waals surface area contributed by atoms with Crippen molar-refractivity contribution in [1.82, 2.24) is 14.7 Å². The average Bonchev–Trinajstić information content (AvgIpc) is 2.61. The molecule has 2 heterocycles. The molecule has 0 unspecified atom stereocenters. The van der Waals surface area contributed by atoms with E-state index in [1.807, 2.05) is 9.80 Å². The van der Waals surface area contributed by atoms with E-state index in [9.17, 15) is 4.79 Å². The largest absolute Gasteiger partial charge is 0.362 e. The van der Waals surface area contributed by atoms with E-state index < -0.39 is 0 Å². The lowest BCUT2D eigenvalue weighted by molar-refractivity contribution is -0.0281. The molecule has 0 radical (unpaired) electrons. The number of carbonyl (C=O) groups is 1. The molecule has 0 aromatic carbocycles. The van der Waals surface area contributed by atoms with Crippen molar-refractivity contribution in [2.45, 2.75) is 52.7 Å². The second-order valence-electron chi connectivity index (χ2n) is 6.29. The molecule has 3 rings (SSSR count). The van der Waals surface area contributed by atoms with Crippen molar-refractivity contribution in [3.8, 4) is 12.3 Å². The van der Waals surface area contributed by atoms with Gasteiger partial charge in [-0.05, 0) is 19.3 Å². The van der Waals surface area contributed by atoms with Crippen LogP contribution >= 0.6 is 0 Å². The second-order valence-corrected chi connectivity index (χ2v) is 6.29. The van der Waals surface area contributed by atoms with Crippen LogP contribution < -0.4 is 0 Å². The van der Waals surface area contributed by atoms with Crippen molar-refractivity contribution in [3.63, 3.8) is 0 Å². The summed E-state index contributed by atoms with van der Waals surface area (Å²) in [6.07, 6.45) is 10.4. The van der Waals surface area contributed by atoms with E-state index in [-0.39, 0.29) is 27.0 Å². The molecule has 23 heavy (non-hydrogen) atoms. The van der Waals surface area contributed by atoms with Crippen molar-refractivity contribution in [1.29, 1.82) is 0 Å². The molecule has 5 heteroatoms. The van der Waals surface area contributed by atoms with Gasteiger partial charge in [0, 0.05) is 32.2 Å². The van der Waals surface area contributed by atoms with Gasteiger partial charge in [0.2, 0.25) is 0 Å². The van der Waals surface area contributed by atoms with Crippen molar-refractivity contribution < 1.29 is 9.53 Å². The molecule has 3 fully saturated rings. The molecular weight excluding hydrogens is 290 g/mol. The Balaban J connectivity index is 0.00000132. The predicted molar refractivity (Wildman–Crippen MR) is 94.4 cm³/mol. The monoisotopic (exact) mass is 323 g/mol. The number of hydrogen-bond acceptors (Lipinski definition) is 3. The summed E-state index contributed by atoms with van der Waals surface area (Å²) in [4.78, 5) is 18.9. The van der Waals surface area contributed by atoms with E-state index in [4.69, 9.17) is 11.2 Å². The molecule has 0 aromatic rings. The van der Waals surface area contributed by atoms with Crippen LogP contribution in [0.5, 0.6) is 0 Å². The molecule has 3 aliphatic rings. The standard InChI is InChI=1S/C16H25N3O2.2CH4/c1-2-11-21-15-12-19(13-15)16(20)18-8-4-7-17(9-10-18)14-5-3-6-14;;/h1,14-15H,3-13H2;2*1H4. The summed E-state index contributed by atoms with van der Waals surface area (Å²) >= 11 is 0. The Morgan fingerprint density at radius 1 is 1.04 bits per heavy atom. The Morgan fingerprint density at radius 2 is 1.78 bits per heavy atom. The lowest BCUT2D eigenvalue weighted by atomic mass is 9.91. The molecule has 2 aliphatic heterocycles. The molecule has 0 N–H and O–H groups in total.